The highest BCUT2D eigenvalue weighted by Crippen LogP contribution is 2.34. The van der Waals surface area contributed by atoms with E-state index in [0.717, 1.165) is 44.7 Å². The van der Waals surface area contributed by atoms with Gasteiger partial charge in [-0.3, -0.25) is 14.4 Å². The summed E-state index contributed by atoms with van der Waals surface area (Å²) in [4.78, 5) is 18.9. The van der Waals surface area contributed by atoms with Crippen molar-refractivity contribution in [1.82, 2.24) is 20.1 Å². The number of fused-ring (bicyclic) bond motifs is 3. The molecule has 1 amide bonds. The van der Waals surface area contributed by atoms with Gasteiger partial charge in [-0.25, -0.2) is 0 Å². The second-order valence-electron chi connectivity index (χ2n) is 8.86. The van der Waals surface area contributed by atoms with Crippen LogP contribution < -0.4 is 15.8 Å². The van der Waals surface area contributed by atoms with Gasteiger partial charge < -0.3 is 25.3 Å². The first-order valence-corrected chi connectivity index (χ1v) is 14.1. The van der Waals surface area contributed by atoms with Gasteiger partial charge in [-0.05, 0) is 44.2 Å². The number of carbonyl (C=O) groups excluding carboxylic acids is 1. The monoisotopic (exact) mass is 552 g/mol. The summed E-state index contributed by atoms with van der Waals surface area (Å²) in [6, 6.07) is 13.7. The summed E-state index contributed by atoms with van der Waals surface area (Å²) in [5, 5.41) is 11.6. The Morgan fingerprint density at radius 1 is 1.08 bits per heavy atom. The van der Waals surface area contributed by atoms with E-state index in [1.165, 1.54) is 0 Å². The third-order valence-corrected chi connectivity index (χ3v) is 7.12. The molecule has 4 rings (SSSR count). The Balaban J connectivity index is 1.58. The van der Waals surface area contributed by atoms with Crippen LogP contribution in [0.3, 0.4) is 0 Å². The van der Waals surface area contributed by atoms with Crippen molar-refractivity contribution in [2.24, 2.45) is 10.7 Å². The minimum absolute atomic E-state index is 0.0822. The summed E-state index contributed by atoms with van der Waals surface area (Å²) < 4.78 is 18.5. The Hall–Kier alpha value is -3.25. The minimum atomic E-state index is -0.494. The number of thioether (sulfide) groups is 1. The smallest absolute Gasteiger partial charge is 0.222 e. The number of hydrogen-bond donors (Lipinski definition) is 2. The van der Waals surface area contributed by atoms with Crippen LogP contribution in [0, 0.1) is 6.92 Å². The molecular formula is C28H36N6O4S. The van der Waals surface area contributed by atoms with E-state index >= 15 is 0 Å². The zero-order valence-electron chi connectivity index (χ0n) is 22.7. The van der Waals surface area contributed by atoms with Crippen molar-refractivity contribution in [3.63, 3.8) is 0 Å². The highest BCUT2D eigenvalue weighted by atomic mass is 32.2. The van der Waals surface area contributed by atoms with Crippen molar-refractivity contribution >= 4 is 23.4 Å². The van der Waals surface area contributed by atoms with E-state index in [4.69, 9.17) is 24.9 Å². The molecule has 0 fully saturated rings. The lowest BCUT2D eigenvalue weighted by Gasteiger charge is -2.14. The van der Waals surface area contributed by atoms with Gasteiger partial charge in [-0.2, -0.15) is 0 Å². The van der Waals surface area contributed by atoms with Crippen molar-refractivity contribution < 1.29 is 19.0 Å². The van der Waals surface area contributed by atoms with Gasteiger partial charge in [0.2, 0.25) is 5.91 Å². The molecule has 39 heavy (non-hydrogen) atoms. The Labute approximate surface area is 233 Å². The van der Waals surface area contributed by atoms with E-state index in [2.05, 4.69) is 39.8 Å². The van der Waals surface area contributed by atoms with Gasteiger partial charge in [-0.15, -0.1) is 22.0 Å². The lowest BCUT2D eigenvalue weighted by atomic mass is 10.00. The van der Waals surface area contributed by atoms with Gasteiger partial charge in [0.1, 0.15) is 17.6 Å². The molecule has 0 bridgehead atoms. The number of benzene rings is 2. The molecule has 1 aromatic heterocycles. The number of hydrogen-bond acceptors (Lipinski definition) is 9. The first-order chi connectivity index (χ1) is 19.0. The number of aliphatic imine (C=N–C) groups is 1. The molecule has 1 aliphatic rings. The predicted molar refractivity (Wildman–Crippen MR) is 152 cm³/mol. The summed E-state index contributed by atoms with van der Waals surface area (Å²) >= 11 is 1.73. The highest BCUT2D eigenvalue weighted by molar-refractivity contribution is 7.99. The van der Waals surface area contributed by atoms with Gasteiger partial charge in [0.05, 0.1) is 51.4 Å². The zero-order chi connectivity index (χ0) is 27.6. The van der Waals surface area contributed by atoms with E-state index in [1.54, 1.807) is 18.9 Å². The third kappa shape index (κ3) is 7.24. The molecule has 1 atom stereocenters. The molecule has 3 aromatic rings. The van der Waals surface area contributed by atoms with Crippen LogP contribution in [0.5, 0.6) is 5.75 Å². The Kier molecular flexibility index (Phi) is 10.5. The number of ether oxygens (including phenoxy) is 3. The summed E-state index contributed by atoms with van der Waals surface area (Å²) in [6.07, 6.45) is 0.172. The molecule has 0 radical (unpaired) electrons. The minimum Gasteiger partial charge on any atom is -0.497 e. The maximum Gasteiger partial charge on any atom is 0.222 e. The van der Waals surface area contributed by atoms with Gasteiger partial charge in [0, 0.05) is 34.9 Å². The van der Waals surface area contributed by atoms with E-state index in [-0.39, 0.29) is 12.3 Å². The van der Waals surface area contributed by atoms with E-state index < -0.39 is 6.04 Å². The van der Waals surface area contributed by atoms with Crippen LogP contribution in [-0.4, -0.2) is 78.8 Å². The molecular weight excluding hydrogens is 516 g/mol. The van der Waals surface area contributed by atoms with E-state index in [1.807, 2.05) is 36.6 Å². The lowest BCUT2D eigenvalue weighted by Crippen LogP contribution is -2.25. The second kappa shape index (κ2) is 14.2. The van der Waals surface area contributed by atoms with Crippen LogP contribution in [0.25, 0.3) is 5.69 Å². The Morgan fingerprint density at radius 2 is 1.85 bits per heavy atom. The number of aryl methyl sites for hydroxylation is 1. The second-order valence-corrected chi connectivity index (χ2v) is 10.0. The number of amides is 1. The number of carbonyl (C=O) groups is 1. The molecule has 3 N–H and O–H groups in total. The molecule has 0 unspecified atom stereocenters. The molecule has 208 valence electrons. The summed E-state index contributed by atoms with van der Waals surface area (Å²) in [5.74, 6) is 2.84. The molecule has 0 spiro atoms. The average Bonchev–Trinajstić information content (AvgIpc) is 3.27. The topological polar surface area (TPSA) is 126 Å². The van der Waals surface area contributed by atoms with Gasteiger partial charge in [-0.1, -0.05) is 12.1 Å². The standard InChI is InChI=1S/C28H36N6O4S/c1-4-30-26(35)18-24-28-33-32-19(2)34(28)25-10-7-21(36-3)17-23(25)27(31-24)20-5-8-22(9-6-20)39-16-15-38-14-13-37-12-11-29/h5-10,17,24H,4,11-16,18,29H2,1-3H3,(H,30,35)/t24-/m0/s1. The summed E-state index contributed by atoms with van der Waals surface area (Å²) in [7, 11) is 1.64. The number of aromatic nitrogens is 3. The maximum atomic E-state index is 12.6. The van der Waals surface area contributed by atoms with Gasteiger partial charge >= 0.3 is 0 Å². The van der Waals surface area contributed by atoms with Crippen LogP contribution in [-0.2, 0) is 14.3 Å². The number of methoxy groups -OCH3 is 1. The van der Waals surface area contributed by atoms with Crippen LogP contribution in [0.4, 0.5) is 0 Å². The van der Waals surface area contributed by atoms with Crippen molar-refractivity contribution in [2.75, 3.05) is 52.4 Å². The van der Waals surface area contributed by atoms with Crippen molar-refractivity contribution in [3.8, 4) is 11.4 Å². The van der Waals surface area contributed by atoms with Gasteiger partial charge in [0.15, 0.2) is 5.82 Å². The fourth-order valence-electron chi connectivity index (χ4n) is 4.35. The SMILES string of the molecule is CCNC(=O)C[C@@H]1N=C(c2ccc(SCCOCCOCCN)cc2)c2cc(OC)ccc2-n2c(C)nnc21. The normalized spacial score (nSPS) is 14.3. The zero-order valence-corrected chi connectivity index (χ0v) is 23.5. The highest BCUT2D eigenvalue weighted by Gasteiger charge is 2.30. The first kappa shape index (κ1) is 28.8. The average molecular weight is 553 g/mol. The Bertz CT molecular complexity index is 1280. The molecule has 10 nitrogen and oxygen atoms in total. The fraction of sp³-hybridized carbons (Fsp3) is 0.429. The molecule has 11 heteroatoms. The molecule has 0 saturated heterocycles. The van der Waals surface area contributed by atoms with Crippen molar-refractivity contribution in [1.29, 1.82) is 0 Å². The first-order valence-electron chi connectivity index (χ1n) is 13.1. The molecule has 0 aliphatic carbocycles. The van der Waals surface area contributed by atoms with E-state index in [9.17, 15) is 4.79 Å². The molecule has 0 saturated carbocycles. The van der Waals surface area contributed by atoms with E-state index in [0.29, 0.717) is 45.3 Å². The van der Waals surface area contributed by atoms with Gasteiger partial charge in [0.25, 0.3) is 0 Å². The van der Waals surface area contributed by atoms with Crippen molar-refractivity contribution in [2.45, 2.75) is 31.2 Å². The summed E-state index contributed by atoms with van der Waals surface area (Å²) in [6.45, 7) is 7.19. The van der Waals surface area contributed by atoms with Crippen molar-refractivity contribution in [3.05, 3.63) is 65.2 Å². The molecule has 2 heterocycles. The largest absolute Gasteiger partial charge is 0.497 e. The predicted octanol–water partition coefficient (Wildman–Crippen LogP) is 3.09. The number of nitrogens with zero attached hydrogens (tertiary/aromatic N) is 4. The number of nitrogens with two attached hydrogens (primary N) is 1. The fourth-order valence-corrected chi connectivity index (χ4v) is 5.11. The number of rotatable bonds is 14. The maximum absolute atomic E-state index is 12.6. The van der Waals surface area contributed by atoms with Crippen LogP contribution in [0.1, 0.15) is 42.2 Å². The Morgan fingerprint density at radius 3 is 2.56 bits per heavy atom. The quantitative estimate of drug-likeness (QED) is 0.231. The van der Waals surface area contributed by atoms with Crippen LogP contribution >= 0.6 is 11.8 Å². The molecule has 2 aromatic carbocycles. The summed E-state index contributed by atoms with van der Waals surface area (Å²) in [5.41, 5.74) is 8.92. The third-order valence-electron chi connectivity index (χ3n) is 6.14. The molecule has 1 aliphatic heterocycles. The number of nitrogens with one attached hydrogen (secondary N) is 1. The van der Waals surface area contributed by atoms with Crippen LogP contribution in [0.15, 0.2) is 52.4 Å². The lowest BCUT2D eigenvalue weighted by molar-refractivity contribution is -0.121. The van der Waals surface area contributed by atoms with Crippen LogP contribution in [0.2, 0.25) is 0 Å².